The zero-order valence-electron chi connectivity index (χ0n) is 9.74. The molecular weight excluding hydrogens is 240 g/mol. The van der Waals surface area contributed by atoms with E-state index in [1.807, 2.05) is 23.6 Å². The highest BCUT2D eigenvalue weighted by atomic mass is 35.5. The molecule has 17 heavy (non-hydrogen) atoms. The fraction of sp³-hybridized carbons (Fsp3) is 0.333. The summed E-state index contributed by atoms with van der Waals surface area (Å²) < 4.78 is 6.54. The van der Waals surface area contributed by atoms with Crippen LogP contribution >= 0.6 is 11.6 Å². The normalized spacial score (nSPS) is 10.8. The van der Waals surface area contributed by atoms with E-state index < -0.39 is 5.97 Å². The van der Waals surface area contributed by atoms with Crippen molar-refractivity contribution in [1.82, 2.24) is 9.55 Å². The zero-order valence-corrected chi connectivity index (χ0v) is 10.5. The number of esters is 1. The first-order chi connectivity index (χ1) is 8.19. The number of para-hydroxylation sites is 1. The number of nitrogens with zero attached hydrogens (tertiary/aromatic N) is 2. The van der Waals surface area contributed by atoms with Crippen LogP contribution in [-0.4, -0.2) is 22.6 Å². The van der Waals surface area contributed by atoms with Crippen molar-refractivity contribution >= 4 is 28.6 Å². The lowest BCUT2D eigenvalue weighted by Crippen LogP contribution is -2.11. The van der Waals surface area contributed by atoms with Crippen LogP contribution in [0.4, 0.5) is 0 Å². The molecule has 1 aromatic carbocycles. The highest BCUT2D eigenvalue weighted by Crippen LogP contribution is 2.25. The number of hydrogen-bond donors (Lipinski definition) is 0. The van der Waals surface area contributed by atoms with Gasteiger partial charge < -0.3 is 9.30 Å². The van der Waals surface area contributed by atoms with E-state index in [2.05, 4.69) is 4.98 Å². The van der Waals surface area contributed by atoms with Gasteiger partial charge in [-0.15, -0.1) is 0 Å². The van der Waals surface area contributed by atoms with Crippen molar-refractivity contribution in [2.75, 3.05) is 7.11 Å². The van der Waals surface area contributed by atoms with Gasteiger partial charge in [0.1, 0.15) is 0 Å². The lowest BCUT2D eigenvalue weighted by molar-refractivity contribution is 0.0582. The van der Waals surface area contributed by atoms with Crippen molar-refractivity contribution in [3.8, 4) is 0 Å². The molecule has 0 radical (unpaired) electrons. The molecule has 1 heterocycles. The van der Waals surface area contributed by atoms with E-state index in [1.54, 1.807) is 6.07 Å². The topological polar surface area (TPSA) is 44.1 Å². The van der Waals surface area contributed by atoms with Gasteiger partial charge >= 0.3 is 5.97 Å². The molecule has 1 aromatic heterocycles. The lowest BCUT2D eigenvalue weighted by atomic mass is 10.3. The van der Waals surface area contributed by atoms with E-state index in [1.165, 1.54) is 7.11 Å². The van der Waals surface area contributed by atoms with Gasteiger partial charge in [-0.05, 0) is 18.6 Å². The van der Waals surface area contributed by atoms with Crippen molar-refractivity contribution < 1.29 is 9.53 Å². The molecule has 0 amide bonds. The second-order valence-corrected chi connectivity index (χ2v) is 4.09. The van der Waals surface area contributed by atoms with Crippen LogP contribution in [0.1, 0.15) is 24.0 Å². The maximum atomic E-state index is 11.6. The van der Waals surface area contributed by atoms with E-state index in [9.17, 15) is 4.79 Å². The van der Waals surface area contributed by atoms with Crippen LogP contribution < -0.4 is 0 Å². The summed E-state index contributed by atoms with van der Waals surface area (Å²) in [5.41, 5.74) is 1.50. The van der Waals surface area contributed by atoms with Gasteiger partial charge in [0.15, 0.2) is 0 Å². The standard InChI is InChI=1S/C12H13ClN2O2/c1-3-7-15-10-8(13)5-4-6-9(10)14-11(15)12(16)17-2/h4-6H,3,7H2,1-2H3. The minimum Gasteiger partial charge on any atom is -0.463 e. The lowest BCUT2D eigenvalue weighted by Gasteiger charge is -2.06. The van der Waals surface area contributed by atoms with Crippen LogP contribution in [0.15, 0.2) is 18.2 Å². The summed E-state index contributed by atoms with van der Waals surface area (Å²) in [5.74, 6) is -0.136. The number of ether oxygens (including phenoxy) is 1. The molecule has 0 saturated heterocycles. The summed E-state index contributed by atoms with van der Waals surface area (Å²) in [6, 6.07) is 5.44. The molecule has 0 spiro atoms. The van der Waals surface area contributed by atoms with E-state index in [0.717, 1.165) is 11.9 Å². The molecule has 0 aliphatic heterocycles. The number of fused-ring (bicyclic) bond motifs is 1. The minimum atomic E-state index is -0.439. The molecule has 0 unspecified atom stereocenters. The maximum Gasteiger partial charge on any atom is 0.374 e. The molecule has 4 nitrogen and oxygen atoms in total. The summed E-state index contributed by atoms with van der Waals surface area (Å²) >= 11 is 6.15. The van der Waals surface area contributed by atoms with Crippen molar-refractivity contribution in [2.45, 2.75) is 19.9 Å². The molecule has 90 valence electrons. The first-order valence-electron chi connectivity index (χ1n) is 5.42. The molecule has 0 bridgehead atoms. The van der Waals surface area contributed by atoms with Crippen molar-refractivity contribution in [2.24, 2.45) is 0 Å². The molecule has 2 rings (SSSR count). The molecule has 0 N–H and O–H groups in total. The number of halogens is 1. The highest BCUT2D eigenvalue weighted by Gasteiger charge is 2.18. The fourth-order valence-corrected chi connectivity index (χ4v) is 2.10. The van der Waals surface area contributed by atoms with Gasteiger partial charge in [0, 0.05) is 6.54 Å². The maximum absolute atomic E-state index is 11.6. The number of carbonyl (C=O) groups excluding carboxylic acids is 1. The fourth-order valence-electron chi connectivity index (χ4n) is 1.83. The van der Waals surface area contributed by atoms with Gasteiger partial charge in [-0.25, -0.2) is 9.78 Å². The summed E-state index contributed by atoms with van der Waals surface area (Å²) in [6.45, 7) is 2.72. The van der Waals surface area contributed by atoms with Gasteiger partial charge in [0.2, 0.25) is 5.82 Å². The monoisotopic (exact) mass is 252 g/mol. The Morgan fingerprint density at radius 3 is 2.94 bits per heavy atom. The molecule has 0 saturated carbocycles. The Balaban J connectivity index is 2.71. The summed E-state index contributed by atoms with van der Waals surface area (Å²) in [7, 11) is 1.35. The van der Waals surface area contributed by atoms with Crippen LogP contribution in [0.2, 0.25) is 5.02 Å². The largest absolute Gasteiger partial charge is 0.463 e. The van der Waals surface area contributed by atoms with Crippen LogP contribution in [-0.2, 0) is 11.3 Å². The van der Waals surface area contributed by atoms with Crippen LogP contribution in [0.25, 0.3) is 11.0 Å². The molecule has 0 atom stereocenters. The zero-order chi connectivity index (χ0) is 12.4. The smallest absolute Gasteiger partial charge is 0.374 e. The Hall–Kier alpha value is -1.55. The third kappa shape index (κ3) is 2.00. The van der Waals surface area contributed by atoms with E-state index in [0.29, 0.717) is 22.9 Å². The predicted molar refractivity (Wildman–Crippen MR) is 66.4 cm³/mol. The van der Waals surface area contributed by atoms with Crippen molar-refractivity contribution in [3.63, 3.8) is 0 Å². The SMILES string of the molecule is CCCn1c(C(=O)OC)nc2cccc(Cl)c21. The average molecular weight is 253 g/mol. The Morgan fingerprint density at radius 2 is 2.29 bits per heavy atom. The number of imidazole rings is 1. The Kier molecular flexibility index (Phi) is 3.33. The van der Waals surface area contributed by atoms with E-state index in [-0.39, 0.29) is 0 Å². The number of hydrogen-bond acceptors (Lipinski definition) is 3. The number of aromatic nitrogens is 2. The summed E-state index contributed by atoms with van der Waals surface area (Å²) in [6.07, 6.45) is 0.890. The predicted octanol–water partition coefficient (Wildman–Crippen LogP) is 2.89. The minimum absolute atomic E-state index is 0.303. The number of rotatable bonds is 3. The van der Waals surface area contributed by atoms with Crippen LogP contribution in [0, 0.1) is 0 Å². The second-order valence-electron chi connectivity index (χ2n) is 3.69. The van der Waals surface area contributed by atoms with E-state index in [4.69, 9.17) is 16.3 Å². The van der Waals surface area contributed by atoms with Gasteiger partial charge in [-0.2, -0.15) is 0 Å². The van der Waals surface area contributed by atoms with Crippen molar-refractivity contribution in [1.29, 1.82) is 0 Å². The Bertz CT molecular complexity index is 563. The first kappa shape index (κ1) is 11.9. The van der Waals surface area contributed by atoms with Gasteiger partial charge in [0.25, 0.3) is 0 Å². The molecule has 5 heteroatoms. The third-order valence-electron chi connectivity index (χ3n) is 2.53. The highest BCUT2D eigenvalue weighted by molar-refractivity contribution is 6.35. The van der Waals surface area contributed by atoms with Crippen LogP contribution in [0.5, 0.6) is 0 Å². The number of carbonyl (C=O) groups is 1. The molecule has 0 aliphatic rings. The third-order valence-corrected chi connectivity index (χ3v) is 2.84. The average Bonchev–Trinajstić information content (AvgIpc) is 2.69. The molecule has 0 fully saturated rings. The summed E-state index contributed by atoms with van der Waals surface area (Å²) in [4.78, 5) is 15.9. The van der Waals surface area contributed by atoms with Crippen LogP contribution in [0.3, 0.4) is 0 Å². The number of methoxy groups -OCH3 is 1. The second kappa shape index (κ2) is 4.75. The number of aryl methyl sites for hydroxylation is 1. The molecular formula is C12H13ClN2O2. The Morgan fingerprint density at radius 1 is 1.53 bits per heavy atom. The van der Waals surface area contributed by atoms with Gasteiger partial charge in [-0.3, -0.25) is 0 Å². The van der Waals surface area contributed by atoms with Crippen molar-refractivity contribution in [3.05, 3.63) is 29.0 Å². The van der Waals surface area contributed by atoms with Gasteiger partial charge in [0.05, 0.1) is 23.2 Å². The Labute approximate surface area is 104 Å². The quantitative estimate of drug-likeness (QED) is 0.789. The summed E-state index contributed by atoms with van der Waals surface area (Å²) in [5, 5.41) is 0.596. The number of benzene rings is 1. The molecule has 0 aliphatic carbocycles. The van der Waals surface area contributed by atoms with Gasteiger partial charge in [-0.1, -0.05) is 24.6 Å². The first-order valence-corrected chi connectivity index (χ1v) is 5.80. The van der Waals surface area contributed by atoms with E-state index >= 15 is 0 Å². The molecule has 2 aromatic rings.